The van der Waals surface area contributed by atoms with Crippen molar-refractivity contribution in [3.63, 3.8) is 0 Å². The molecule has 0 bridgehead atoms. The number of piperidine rings is 1. The van der Waals surface area contributed by atoms with Crippen LogP contribution in [-0.2, 0) is 22.6 Å². The van der Waals surface area contributed by atoms with E-state index in [1.54, 1.807) is 41.3 Å². The summed E-state index contributed by atoms with van der Waals surface area (Å²) in [7, 11) is 0. The third kappa shape index (κ3) is 6.34. The average Bonchev–Trinajstić information content (AvgIpc) is 3.03. The first-order valence-electron chi connectivity index (χ1n) is 14.6. The summed E-state index contributed by atoms with van der Waals surface area (Å²) in [5.41, 5.74) is 3.21. The number of carbonyl (C=O) groups is 3. The molecule has 1 aromatic heterocycles. The summed E-state index contributed by atoms with van der Waals surface area (Å²) in [6.45, 7) is 2.49. The number of halogens is 1. The number of amides is 3. The van der Waals surface area contributed by atoms with Gasteiger partial charge in [0.05, 0.1) is 5.39 Å². The van der Waals surface area contributed by atoms with Gasteiger partial charge in [0, 0.05) is 50.1 Å². The Kier molecular flexibility index (Phi) is 8.29. The van der Waals surface area contributed by atoms with Gasteiger partial charge in [-0.25, -0.2) is 0 Å². The lowest BCUT2D eigenvalue weighted by Crippen LogP contribution is -2.51. The molecule has 43 heavy (non-hydrogen) atoms. The standard InChI is InChI=1S/C34H32ClN3O5/c35-25-11-9-22(10-12-25)19-28(36-33(41)31-20-29(39)27-7-3-4-8-30(27)43-31)34(42)37-16-13-23(14-17-37)26-6-2-1-5-24(26)21-38-18-15-32(38)40/h1-12,20,23,28H,13-19,21H2,(H,36,41)/t28-/m1/s1. The van der Waals surface area contributed by atoms with Crippen LogP contribution in [0, 0.1) is 0 Å². The number of nitrogens with zero attached hydrogens (tertiary/aromatic N) is 2. The van der Waals surface area contributed by atoms with Crippen molar-refractivity contribution >= 4 is 40.3 Å². The van der Waals surface area contributed by atoms with Crippen LogP contribution in [0.3, 0.4) is 0 Å². The predicted octanol–water partition coefficient (Wildman–Crippen LogP) is 4.93. The molecule has 1 atom stereocenters. The lowest BCUT2D eigenvalue weighted by molar-refractivity contribution is -0.140. The molecule has 9 heteroatoms. The number of β-lactam (4-membered cyclic amide) rings is 1. The Morgan fingerprint density at radius 2 is 1.65 bits per heavy atom. The SMILES string of the molecule is O=C(N[C@H](Cc1ccc(Cl)cc1)C(=O)N1CCC(c2ccccc2CN2CCC2=O)CC1)c1cc(=O)c2ccccc2o1. The Morgan fingerprint density at radius 3 is 2.37 bits per heavy atom. The fourth-order valence-corrected chi connectivity index (χ4v) is 6.07. The number of rotatable bonds is 8. The molecule has 1 N–H and O–H groups in total. The number of fused-ring (bicyclic) bond motifs is 1. The highest BCUT2D eigenvalue weighted by molar-refractivity contribution is 6.30. The van der Waals surface area contributed by atoms with Crippen LogP contribution in [0.1, 0.15) is 52.4 Å². The molecule has 2 aliphatic rings. The predicted molar refractivity (Wildman–Crippen MR) is 164 cm³/mol. The summed E-state index contributed by atoms with van der Waals surface area (Å²) >= 11 is 6.07. The second kappa shape index (κ2) is 12.4. The second-order valence-corrected chi connectivity index (χ2v) is 11.6. The maximum absolute atomic E-state index is 13.9. The Labute approximate surface area is 254 Å². The molecule has 2 aliphatic heterocycles. The molecule has 3 aromatic carbocycles. The van der Waals surface area contributed by atoms with E-state index in [0.717, 1.165) is 36.6 Å². The van der Waals surface area contributed by atoms with Gasteiger partial charge in [0.15, 0.2) is 11.2 Å². The molecular weight excluding hydrogens is 566 g/mol. The van der Waals surface area contributed by atoms with E-state index in [0.29, 0.717) is 42.0 Å². The van der Waals surface area contributed by atoms with Gasteiger partial charge >= 0.3 is 0 Å². The molecular formula is C34H32ClN3O5. The van der Waals surface area contributed by atoms with Gasteiger partial charge in [-0.1, -0.05) is 60.1 Å². The van der Waals surface area contributed by atoms with Gasteiger partial charge in [0.1, 0.15) is 11.6 Å². The fraction of sp³-hybridized carbons (Fsp3) is 0.294. The van der Waals surface area contributed by atoms with E-state index in [1.807, 2.05) is 29.2 Å². The molecule has 4 aromatic rings. The van der Waals surface area contributed by atoms with Crippen LogP contribution in [0.5, 0.6) is 0 Å². The van der Waals surface area contributed by atoms with E-state index in [4.69, 9.17) is 16.0 Å². The van der Waals surface area contributed by atoms with Crippen molar-refractivity contribution in [2.75, 3.05) is 19.6 Å². The minimum absolute atomic E-state index is 0.145. The molecule has 0 spiro atoms. The van der Waals surface area contributed by atoms with Crippen LogP contribution < -0.4 is 10.7 Å². The minimum atomic E-state index is -0.869. The normalized spacial score (nSPS) is 16.2. The van der Waals surface area contributed by atoms with Crippen molar-refractivity contribution in [2.24, 2.45) is 0 Å². The highest BCUT2D eigenvalue weighted by Gasteiger charge is 2.32. The molecule has 3 heterocycles. The van der Waals surface area contributed by atoms with Crippen molar-refractivity contribution in [3.05, 3.63) is 117 Å². The molecule has 0 radical (unpaired) electrons. The quantitative estimate of drug-likeness (QED) is 0.291. The summed E-state index contributed by atoms with van der Waals surface area (Å²) in [4.78, 5) is 55.4. The number of benzene rings is 3. The van der Waals surface area contributed by atoms with E-state index in [1.165, 1.54) is 5.56 Å². The smallest absolute Gasteiger partial charge is 0.287 e. The lowest BCUT2D eigenvalue weighted by atomic mass is 9.86. The fourth-order valence-electron chi connectivity index (χ4n) is 5.94. The number of carbonyl (C=O) groups excluding carboxylic acids is 3. The van der Waals surface area contributed by atoms with Crippen molar-refractivity contribution in [2.45, 2.75) is 44.2 Å². The maximum Gasteiger partial charge on any atom is 0.287 e. The number of likely N-dealkylation sites (tertiary alicyclic amines) is 2. The number of hydrogen-bond acceptors (Lipinski definition) is 5. The summed E-state index contributed by atoms with van der Waals surface area (Å²) < 4.78 is 5.74. The zero-order valence-electron chi connectivity index (χ0n) is 23.6. The first kappa shape index (κ1) is 28.7. The van der Waals surface area contributed by atoms with Crippen LogP contribution in [0.25, 0.3) is 11.0 Å². The van der Waals surface area contributed by atoms with Gasteiger partial charge in [-0.15, -0.1) is 0 Å². The van der Waals surface area contributed by atoms with Crippen LogP contribution >= 0.6 is 11.6 Å². The number of nitrogens with one attached hydrogen (secondary N) is 1. The zero-order chi connectivity index (χ0) is 29.9. The molecule has 2 saturated heterocycles. The van der Waals surface area contributed by atoms with Crippen LogP contribution in [0.15, 0.2) is 88.1 Å². The van der Waals surface area contributed by atoms with Crippen molar-refractivity contribution in [1.29, 1.82) is 0 Å². The lowest BCUT2D eigenvalue weighted by Gasteiger charge is -2.36. The van der Waals surface area contributed by atoms with Crippen LogP contribution in [0.2, 0.25) is 5.02 Å². The zero-order valence-corrected chi connectivity index (χ0v) is 24.4. The van der Waals surface area contributed by atoms with E-state index in [2.05, 4.69) is 17.4 Å². The number of para-hydroxylation sites is 1. The number of hydrogen-bond donors (Lipinski definition) is 1. The van der Waals surface area contributed by atoms with Gasteiger partial charge in [0.2, 0.25) is 11.8 Å². The first-order chi connectivity index (χ1) is 20.9. The van der Waals surface area contributed by atoms with Crippen LogP contribution in [-0.4, -0.2) is 53.2 Å². The van der Waals surface area contributed by atoms with E-state index in [9.17, 15) is 19.2 Å². The van der Waals surface area contributed by atoms with Gasteiger partial charge in [-0.3, -0.25) is 19.2 Å². The summed E-state index contributed by atoms with van der Waals surface area (Å²) in [5, 5.41) is 3.80. The largest absolute Gasteiger partial charge is 0.451 e. The molecule has 3 amide bonds. The maximum atomic E-state index is 13.9. The molecule has 6 rings (SSSR count). The molecule has 0 aliphatic carbocycles. The molecule has 220 valence electrons. The van der Waals surface area contributed by atoms with Gasteiger partial charge in [-0.05, 0) is 59.7 Å². The van der Waals surface area contributed by atoms with Crippen molar-refractivity contribution in [3.8, 4) is 0 Å². The van der Waals surface area contributed by atoms with Crippen LogP contribution in [0.4, 0.5) is 0 Å². The topological polar surface area (TPSA) is 99.9 Å². The van der Waals surface area contributed by atoms with E-state index >= 15 is 0 Å². The summed E-state index contributed by atoms with van der Waals surface area (Å²) in [5.74, 6) is -0.503. The third-order valence-electron chi connectivity index (χ3n) is 8.43. The molecule has 2 fully saturated rings. The monoisotopic (exact) mass is 597 g/mol. The van der Waals surface area contributed by atoms with Gasteiger partial charge < -0.3 is 19.5 Å². The summed E-state index contributed by atoms with van der Waals surface area (Å²) in [6.07, 6.45) is 2.42. The highest BCUT2D eigenvalue weighted by Crippen LogP contribution is 2.32. The minimum Gasteiger partial charge on any atom is -0.451 e. The van der Waals surface area contributed by atoms with Gasteiger partial charge in [-0.2, -0.15) is 0 Å². The Balaban J connectivity index is 1.18. The van der Waals surface area contributed by atoms with Gasteiger partial charge in [0.25, 0.3) is 5.91 Å². The average molecular weight is 598 g/mol. The van der Waals surface area contributed by atoms with Crippen molar-refractivity contribution < 1.29 is 18.8 Å². The second-order valence-electron chi connectivity index (χ2n) is 11.2. The van der Waals surface area contributed by atoms with Crippen molar-refractivity contribution in [1.82, 2.24) is 15.1 Å². The summed E-state index contributed by atoms with van der Waals surface area (Å²) in [6, 6.07) is 22.4. The molecule has 8 nitrogen and oxygen atoms in total. The third-order valence-corrected chi connectivity index (χ3v) is 8.68. The Hall–Kier alpha value is -4.43. The Bertz CT molecular complexity index is 1730. The molecule has 0 saturated carbocycles. The first-order valence-corrected chi connectivity index (χ1v) is 15.0. The highest BCUT2D eigenvalue weighted by atomic mass is 35.5. The van der Waals surface area contributed by atoms with E-state index < -0.39 is 11.9 Å². The van der Waals surface area contributed by atoms with E-state index in [-0.39, 0.29) is 35.3 Å². The molecule has 0 unspecified atom stereocenters. The Morgan fingerprint density at radius 1 is 0.930 bits per heavy atom.